The van der Waals surface area contributed by atoms with Gasteiger partial charge >= 0.3 is 0 Å². The lowest BCUT2D eigenvalue weighted by molar-refractivity contribution is -0.120. The van der Waals surface area contributed by atoms with Gasteiger partial charge in [-0.2, -0.15) is 0 Å². The molecule has 2 aromatic rings. The molecule has 2 amide bonds. The van der Waals surface area contributed by atoms with Crippen molar-refractivity contribution in [3.63, 3.8) is 0 Å². The summed E-state index contributed by atoms with van der Waals surface area (Å²) in [7, 11) is 3.07. The quantitative estimate of drug-likeness (QED) is 0.803. The standard InChI is InChI=1S/C18H19FN2O4/c1-24-15-8-7-12(9-16(15)25-2)10-20-17(22)11-21-18(23)13-5-3-4-6-14(13)19/h3-9H,10-11H2,1-2H3,(H,20,22)(H,21,23). The molecule has 0 spiro atoms. The van der Waals surface area contributed by atoms with Gasteiger partial charge in [0.15, 0.2) is 11.5 Å². The van der Waals surface area contributed by atoms with Crippen LogP contribution in [0.4, 0.5) is 4.39 Å². The summed E-state index contributed by atoms with van der Waals surface area (Å²) in [5.41, 5.74) is 0.710. The molecule has 7 heteroatoms. The molecule has 0 atom stereocenters. The van der Waals surface area contributed by atoms with Crippen LogP contribution in [0, 0.1) is 5.82 Å². The Hall–Kier alpha value is -3.09. The molecule has 0 unspecified atom stereocenters. The van der Waals surface area contributed by atoms with Gasteiger partial charge in [0.1, 0.15) is 5.82 Å². The van der Waals surface area contributed by atoms with Crippen LogP contribution in [0.1, 0.15) is 15.9 Å². The van der Waals surface area contributed by atoms with Crippen LogP contribution >= 0.6 is 0 Å². The van der Waals surface area contributed by atoms with Crippen LogP contribution < -0.4 is 20.1 Å². The second-order valence-electron chi connectivity index (χ2n) is 5.13. The predicted molar refractivity (Wildman–Crippen MR) is 90.1 cm³/mol. The number of carbonyl (C=O) groups excluding carboxylic acids is 2. The number of ether oxygens (including phenoxy) is 2. The van der Waals surface area contributed by atoms with Gasteiger partial charge in [-0.25, -0.2) is 4.39 Å². The van der Waals surface area contributed by atoms with Gasteiger partial charge in [0.05, 0.1) is 26.3 Å². The monoisotopic (exact) mass is 346 g/mol. The zero-order valence-corrected chi connectivity index (χ0v) is 14.0. The third-order valence-corrected chi connectivity index (χ3v) is 3.47. The summed E-state index contributed by atoms with van der Waals surface area (Å²) in [5, 5.41) is 5.05. The van der Waals surface area contributed by atoms with Crippen molar-refractivity contribution in [2.45, 2.75) is 6.54 Å². The first-order valence-electron chi connectivity index (χ1n) is 7.55. The van der Waals surface area contributed by atoms with Crippen LogP contribution in [0.25, 0.3) is 0 Å². The number of hydrogen-bond acceptors (Lipinski definition) is 4. The first-order chi connectivity index (χ1) is 12.0. The number of halogens is 1. The van der Waals surface area contributed by atoms with E-state index < -0.39 is 11.7 Å². The molecule has 2 rings (SSSR count). The molecular weight excluding hydrogens is 327 g/mol. The fraction of sp³-hybridized carbons (Fsp3) is 0.222. The molecule has 132 valence electrons. The maximum absolute atomic E-state index is 13.5. The van der Waals surface area contributed by atoms with Gasteiger partial charge in [-0.1, -0.05) is 18.2 Å². The van der Waals surface area contributed by atoms with Crippen molar-refractivity contribution in [2.75, 3.05) is 20.8 Å². The number of carbonyl (C=O) groups is 2. The smallest absolute Gasteiger partial charge is 0.254 e. The van der Waals surface area contributed by atoms with E-state index in [-0.39, 0.29) is 24.6 Å². The maximum atomic E-state index is 13.5. The Bertz CT molecular complexity index is 764. The molecule has 0 aromatic heterocycles. The van der Waals surface area contributed by atoms with E-state index in [0.29, 0.717) is 11.5 Å². The predicted octanol–water partition coefficient (Wildman–Crippen LogP) is 1.89. The highest BCUT2D eigenvalue weighted by Crippen LogP contribution is 2.27. The van der Waals surface area contributed by atoms with E-state index in [0.717, 1.165) is 5.56 Å². The Morgan fingerprint density at radius 2 is 1.72 bits per heavy atom. The molecule has 0 saturated carbocycles. The Balaban J connectivity index is 1.85. The van der Waals surface area contributed by atoms with Gasteiger partial charge in [0, 0.05) is 6.54 Å². The minimum absolute atomic E-state index is 0.102. The van der Waals surface area contributed by atoms with Crippen LogP contribution in [0.15, 0.2) is 42.5 Å². The number of methoxy groups -OCH3 is 2. The van der Waals surface area contributed by atoms with Crippen molar-refractivity contribution in [3.05, 3.63) is 59.4 Å². The molecule has 6 nitrogen and oxygen atoms in total. The maximum Gasteiger partial charge on any atom is 0.254 e. The lowest BCUT2D eigenvalue weighted by atomic mass is 10.2. The molecule has 0 aliphatic carbocycles. The number of amides is 2. The molecule has 25 heavy (non-hydrogen) atoms. The molecule has 0 fully saturated rings. The second kappa shape index (κ2) is 8.68. The molecule has 0 heterocycles. The highest BCUT2D eigenvalue weighted by molar-refractivity contribution is 5.96. The van der Waals surface area contributed by atoms with E-state index in [1.54, 1.807) is 24.3 Å². The average molecular weight is 346 g/mol. The van der Waals surface area contributed by atoms with Crippen molar-refractivity contribution in [1.82, 2.24) is 10.6 Å². The van der Waals surface area contributed by atoms with Crippen LogP contribution in [-0.2, 0) is 11.3 Å². The third-order valence-electron chi connectivity index (χ3n) is 3.47. The first-order valence-corrected chi connectivity index (χ1v) is 7.55. The highest BCUT2D eigenvalue weighted by atomic mass is 19.1. The van der Waals surface area contributed by atoms with E-state index in [4.69, 9.17) is 9.47 Å². The van der Waals surface area contributed by atoms with Crippen molar-refractivity contribution in [3.8, 4) is 11.5 Å². The van der Waals surface area contributed by atoms with Crippen LogP contribution in [0.3, 0.4) is 0 Å². The zero-order valence-electron chi connectivity index (χ0n) is 14.0. The fourth-order valence-electron chi connectivity index (χ4n) is 2.15. The minimum Gasteiger partial charge on any atom is -0.493 e. The van der Waals surface area contributed by atoms with Crippen molar-refractivity contribution >= 4 is 11.8 Å². The van der Waals surface area contributed by atoms with Crippen LogP contribution in [-0.4, -0.2) is 32.6 Å². The van der Waals surface area contributed by atoms with E-state index in [9.17, 15) is 14.0 Å². The summed E-state index contributed by atoms with van der Waals surface area (Å²) >= 11 is 0. The van der Waals surface area contributed by atoms with Gasteiger partial charge < -0.3 is 20.1 Å². The summed E-state index contributed by atoms with van der Waals surface area (Å²) in [6.07, 6.45) is 0. The molecule has 2 aromatic carbocycles. The van der Waals surface area contributed by atoms with Gasteiger partial charge in [-0.15, -0.1) is 0 Å². The average Bonchev–Trinajstić information content (AvgIpc) is 2.64. The number of benzene rings is 2. The summed E-state index contributed by atoms with van der Waals surface area (Å²) in [4.78, 5) is 23.7. The zero-order chi connectivity index (χ0) is 18.2. The number of nitrogens with one attached hydrogen (secondary N) is 2. The first kappa shape index (κ1) is 18.3. The lowest BCUT2D eigenvalue weighted by Gasteiger charge is -2.11. The van der Waals surface area contributed by atoms with Crippen LogP contribution in [0.5, 0.6) is 11.5 Å². The lowest BCUT2D eigenvalue weighted by Crippen LogP contribution is -2.36. The van der Waals surface area contributed by atoms with Crippen molar-refractivity contribution < 1.29 is 23.5 Å². The molecule has 0 radical (unpaired) electrons. The van der Waals surface area contributed by atoms with Gasteiger partial charge in [0.25, 0.3) is 5.91 Å². The summed E-state index contributed by atoms with van der Waals surface area (Å²) in [6, 6.07) is 10.9. The fourth-order valence-corrected chi connectivity index (χ4v) is 2.15. The van der Waals surface area contributed by atoms with Gasteiger partial charge in [0.2, 0.25) is 5.91 Å². The Morgan fingerprint density at radius 1 is 1.00 bits per heavy atom. The van der Waals surface area contributed by atoms with E-state index in [2.05, 4.69) is 10.6 Å². The summed E-state index contributed by atoms with van der Waals surface area (Å²) in [6.45, 7) is 0.00914. The topological polar surface area (TPSA) is 76.7 Å². The molecule has 0 saturated heterocycles. The Kier molecular flexibility index (Phi) is 6.33. The summed E-state index contributed by atoms with van der Waals surface area (Å²) < 4.78 is 23.8. The van der Waals surface area contributed by atoms with Gasteiger partial charge in [-0.3, -0.25) is 9.59 Å². The molecule has 0 bridgehead atoms. The third kappa shape index (κ3) is 4.94. The molecular formula is C18H19FN2O4. The van der Waals surface area contributed by atoms with Crippen molar-refractivity contribution in [2.24, 2.45) is 0 Å². The second-order valence-corrected chi connectivity index (χ2v) is 5.13. The van der Waals surface area contributed by atoms with E-state index in [1.165, 1.54) is 32.4 Å². The Morgan fingerprint density at radius 3 is 2.40 bits per heavy atom. The largest absolute Gasteiger partial charge is 0.493 e. The van der Waals surface area contributed by atoms with E-state index in [1.807, 2.05) is 0 Å². The minimum atomic E-state index is -0.639. The van der Waals surface area contributed by atoms with Crippen molar-refractivity contribution in [1.29, 1.82) is 0 Å². The number of hydrogen-bond donors (Lipinski definition) is 2. The molecule has 0 aliphatic rings. The Labute approximate surface area is 144 Å². The highest BCUT2D eigenvalue weighted by Gasteiger charge is 2.12. The SMILES string of the molecule is COc1ccc(CNC(=O)CNC(=O)c2ccccc2F)cc1OC. The number of rotatable bonds is 7. The normalized spacial score (nSPS) is 10.0. The van der Waals surface area contributed by atoms with E-state index >= 15 is 0 Å². The van der Waals surface area contributed by atoms with Crippen LogP contribution in [0.2, 0.25) is 0 Å². The van der Waals surface area contributed by atoms with Gasteiger partial charge in [-0.05, 0) is 29.8 Å². The summed E-state index contributed by atoms with van der Waals surface area (Å²) in [5.74, 6) is -0.513. The molecule has 2 N–H and O–H groups in total. The molecule has 0 aliphatic heterocycles.